The lowest BCUT2D eigenvalue weighted by molar-refractivity contribution is -0.176. The fourth-order valence-corrected chi connectivity index (χ4v) is 1.32. The molecular weight excluding hydrogens is 297 g/mol. The first-order valence-corrected chi connectivity index (χ1v) is 6.23. The normalized spacial score (nSPS) is 11.3. The molecule has 122 valence electrons. The molecule has 0 unspecified atom stereocenters. The average molecular weight is 314 g/mol. The van der Waals surface area contributed by atoms with Crippen molar-refractivity contribution in [2.45, 2.75) is 26.4 Å². The second-order valence-electron chi connectivity index (χ2n) is 3.82. The fraction of sp³-hybridized carbons (Fsp3) is 0.750. The monoisotopic (exact) mass is 314 g/mol. The molecule has 0 N–H and O–H groups in total. The van der Waals surface area contributed by atoms with E-state index in [0.29, 0.717) is 0 Å². The number of carbonyl (C=O) groups excluding carboxylic acids is 3. The Hall–Kier alpha value is -1.64. The molecule has 0 amide bonds. The zero-order valence-electron chi connectivity index (χ0n) is 11.7. The van der Waals surface area contributed by atoms with E-state index in [2.05, 4.69) is 14.2 Å². The number of halogens is 3. The standard InChI is InChI=1S/C12H17F3O6/c1-3-20-10(17)9(11(18)21-4-2)8(16)5-6-19-7-12(13,14)15/h9H,3-7H2,1-2H3. The first kappa shape index (κ1) is 19.4. The number of alkyl halides is 3. The molecule has 9 heteroatoms. The number of ether oxygens (including phenoxy) is 3. The SMILES string of the molecule is CCOC(=O)C(C(=O)CCOCC(F)(F)F)C(=O)OCC. The predicted octanol–water partition coefficient (Wildman–Crippen LogP) is 1.27. The number of esters is 2. The Kier molecular flexibility index (Phi) is 8.60. The summed E-state index contributed by atoms with van der Waals surface area (Å²) >= 11 is 0. The van der Waals surface area contributed by atoms with Gasteiger partial charge in [0.1, 0.15) is 6.61 Å². The van der Waals surface area contributed by atoms with Crippen LogP contribution in [0.15, 0.2) is 0 Å². The van der Waals surface area contributed by atoms with Crippen LogP contribution in [0.1, 0.15) is 20.3 Å². The maximum Gasteiger partial charge on any atom is 0.411 e. The van der Waals surface area contributed by atoms with Crippen molar-refractivity contribution in [3.8, 4) is 0 Å². The molecule has 21 heavy (non-hydrogen) atoms. The smallest absolute Gasteiger partial charge is 0.411 e. The number of carbonyl (C=O) groups is 3. The van der Waals surface area contributed by atoms with Crippen molar-refractivity contribution in [3.05, 3.63) is 0 Å². The Bertz CT molecular complexity index is 348. The molecule has 0 fully saturated rings. The van der Waals surface area contributed by atoms with Crippen molar-refractivity contribution in [2.24, 2.45) is 5.92 Å². The summed E-state index contributed by atoms with van der Waals surface area (Å²) in [6.45, 7) is 0.796. The molecule has 0 saturated carbocycles. The summed E-state index contributed by atoms with van der Waals surface area (Å²) in [5.41, 5.74) is 0. The molecule has 6 nitrogen and oxygen atoms in total. The zero-order chi connectivity index (χ0) is 16.5. The number of hydrogen-bond donors (Lipinski definition) is 0. The van der Waals surface area contributed by atoms with Gasteiger partial charge in [0.2, 0.25) is 5.92 Å². The van der Waals surface area contributed by atoms with Gasteiger partial charge < -0.3 is 14.2 Å². The minimum absolute atomic E-state index is 0.0490. The van der Waals surface area contributed by atoms with Crippen LogP contribution in [0.2, 0.25) is 0 Å². The van der Waals surface area contributed by atoms with Gasteiger partial charge in [0.15, 0.2) is 5.78 Å². The van der Waals surface area contributed by atoms with Gasteiger partial charge in [-0.2, -0.15) is 13.2 Å². The number of rotatable bonds is 9. The molecule has 0 aliphatic rings. The maximum atomic E-state index is 11.8. The number of ketones is 1. The molecule has 0 radical (unpaired) electrons. The van der Waals surface area contributed by atoms with Crippen LogP contribution in [0, 0.1) is 5.92 Å². The van der Waals surface area contributed by atoms with Crippen molar-refractivity contribution in [3.63, 3.8) is 0 Å². The first-order chi connectivity index (χ1) is 9.72. The minimum Gasteiger partial charge on any atom is -0.465 e. The lowest BCUT2D eigenvalue weighted by Crippen LogP contribution is -2.35. The molecule has 0 rings (SSSR count). The molecule has 0 aromatic heterocycles. The summed E-state index contributed by atoms with van der Waals surface area (Å²) in [6.07, 6.45) is -5.04. The largest absolute Gasteiger partial charge is 0.465 e. The highest BCUT2D eigenvalue weighted by atomic mass is 19.4. The van der Waals surface area contributed by atoms with E-state index >= 15 is 0 Å². The van der Waals surface area contributed by atoms with Crippen LogP contribution in [0.5, 0.6) is 0 Å². The summed E-state index contributed by atoms with van der Waals surface area (Å²) in [7, 11) is 0. The Labute approximate surface area is 119 Å². The van der Waals surface area contributed by atoms with E-state index in [9.17, 15) is 27.6 Å². The van der Waals surface area contributed by atoms with E-state index in [1.165, 1.54) is 13.8 Å². The van der Waals surface area contributed by atoms with Gasteiger partial charge >= 0.3 is 18.1 Å². The molecule has 0 heterocycles. The van der Waals surface area contributed by atoms with Gasteiger partial charge in [0.25, 0.3) is 0 Å². The lowest BCUT2D eigenvalue weighted by Gasteiger charge is -2.13. The van der Waals surface area contributed by atoms with Crippen LogP contribution in [0.3, 0.4) is 0 Å². The van der Waals surface area contributed by atoms with E-state index in [4.69, 9.17) is 0 Å². The molecule has 0 spiro atoms. The lowest BCUT2D eigenvalue weighted by atomic mass is 10.0. The van der Waals surface area contributed by atoms with Crippen LogP contribution in [-0.2, 0) is 28.6 Å². The highest BCUT2D eigenvalue weighted by Crippen LogP contribution is 2.15. The third-order valence-corrected chi connectivity index (χ3v) is 2.13. The van der Waals surface area contributed by atoms with Crippen molar-refractivity contribution in [1.29, 1.82) is 0 Å². The average Bonchev–Trinajstić information content (AvgIpc) is 2.34. The van der Waals surface area contributed by atoms with Gasteiger partial charge in [-0.15, -0.1) is 0 Å². The molecule has 0 aromatic rings. The Morgan fingerprint density at radius 3 is 1.86 bits per heavy atom. The van der Waals surface area contributed by atoms with Crippen LogP contribution < -0.4 is 0 Å². The van der Waals surface area contributed by atoms with E-state index in [1.54, 1.807) is 0 Å². The van der Waals surface area contributed by atoms with Crippen molar-refractivity contribution in [2.75, 3.05) is 26.4 Å². The van der Waals surface area contributed by atoms with Gasteiger partial charge in [0.05, 0.1) is 19.8 Å². The summed E-state index contributed by atoms with van der Waals surface area (Å²) in [5, 5.41) is 0. The van der Waals surface area contributed by atoms with E-state index < -0.39 is 49.5 Å². The summed E-state index contributed by atoms with van der Waals surface area (Å²) in [6, 6.07) is 0. The Morgan fingerprint density at radius 2 is 1.48 bits per heavy atom. The zero-order valence-corrected chi connectivity index (χ0v) is 11.7. The summed E-state index contributed by atoms with van der Waals surface area (Å²) in [5.74, 6) is -4.87. The minimum atomic E-state index is -4.51. The quantitative estimate of drug-likeness (QED) is 0.362. The highest BCUT2D eigenvalue weighted by Gasteiger charge is 2.36. The van der Waals surface area contributed by atoms with Crippen molar-refractivity contribution in [1.82, 2.24) is 0 Å². The van der Waals surface area contributed by atoms with Crippen molar-refractivity contribution < 1.29 is 41.8 Å². The third-order valence-electron chi connectivity index (χ3n) is 2.13. The first-order valence-electron chi connectivity index (χ1n) is 6.23. The van der Waals surface area contributed by atoms with Gasteiger partial charge in [-0.25, -0.2) is 0 Å². The van der Waals surface area contributed by atoms with Crippen LogP contribution in [0.25, 0.3) is 0 Å². The molecule has 0 aliphatic carbocycles. The fourth-order valence-electron chi connectivity index (χ4n) is 1.32. The van der Waals surface area contributed by atoms with Crippen LogP contribution in [0.4, 0.5) is 13.2 Å². The maximum absolute atomic E-state index is 11.8. The van der Waals surface area contributed by atoms with Gasteiger partial charge in [-0.1, -0.05) is 0 Å². The molecule has 0 bridgehead atoms. The van der Waals surface area contributed by atoms with E-state index in [1.807, 2.05) is 0 Å². The van der Waals surface area contributed by atoms with Gasteiger partial charge in [-0.05, 0) is 13.8 Å². The molecular formula is C12H17F3O6. The van der Waals surface area contributed by atoms with E-state index in [-0.39, 0.29) is 13.2 Å². The number of Topliss-reactive ketones (excluding diaryl/α,β-unsaturated/α-hetero) is 1. The van der Waals surface area contributed by atoms with Gasteiger partial charge in [-0.3, -0.25) is 14.4 Å². The second kappa shape index (κ2) is 9.32. The second-order valence-corrected chi connectivity index (χ2v) is 3.82. The number of hydrogen-bond acceptors (Lipinski definition) is 6. The molecule has 0 atom stereocenters. The van der Waals surface area contributed by atoms with Crippen LogP contribution >= 0.6 is 0 Å². The topological polar surface area (TPSA) is 78.9 Å². The predicted molar refractivity (Wildman–Crippen MR) is 63.3 cm³/mol. The molecule has 0 aromatic carbocycles. The Balaban J connectivity index is 4.51. The van der Waals surface area contributed by atoms with Crippen molar-refractivity contribution >= 4 is 17.7 Å². The van der Waals surface area contributed by atoms with Gasteiger partial charge in [0, 0.05) is 6.42 Å². The Morgan fingerprint density at radius 1 is 1.00 bits per heavy atom. The van der Waals surface area contributed by atoms with E-state index in [0.717, 1.165) is 0 Å². The highest BCUT2D eigenvalue weighted by molar-refractivity contribution is 6.14. The molecule has 0 aliphatic heterocycles. The molecule has 0 saturated heterocycles. The summed E-state index contributed by atoms with van der Waals surface area (Å²) < 4.78 is 48.9. The third kappa shape index (κ3) is 8.28. The summed E-state index contributed by atoms with van der Waals surface area (Å²) in [4.78, 5) is 34.8. The van der Waals surface area contributed by atoms with Crippen LogP contribution in [-0.4, -0.2) is 50.3 Å².